The summed E-state index contributed by atoms with van der Waals surface area (Å²) in [7, 11) is 1.48. The number of ether oxygens (including phenoxy) is 2. The van der Waals surface area contributed by atoms with Gasteiger partial charge in [-0.05, 0) is 36.8 Å². The zero-order valence-corrected chi connectivity index (χ0v) is 14.7. The van der Waals surface area contributed by atoms with Gasteiger partial charge in [-0.1, -0.05) is 25.5 Å². The van der Waals surface area contributed by atoms with Gasteiger partial charge in [-0.3, -0.25) is 14.5 Å². The molecule has 0 fully saturated rings. The first-order valence-electron chi connectivity index (χ1n) is 8.42. The van der Waals surface area contributed by atoms with E-state index in [1.165, 1.54) is 30.2 Å². The smallest absolute Gasteiger partial charge is 0.343 e. The van der Waals surface area contributed by atoms with E-state index in [2.05, 4.69) is 0 Å². The van der Waals surface area contributed by atoms with Crippen molar-refractivity contribution in [2.24, 2.45) is 0 Å². The Balaban J connectivity index is 1.84. The van der Waals surface area contributed by atoms with Gasteiger partial charge in [0.05, 0.1) is 23.8 Å². The third kappa shape index (κ3) is 3.18. The minimum atomic E-state index is -0.621. The molecule has 0 spiro atoms. The van der Waals surface area contributed by atoms with Crippen LogP contribution in [0.3, 0.4) is 0 Å². The van der Waals surface area contributed by atoms with Crippen LogP contribution in [-0.2, 0) is 0 Å². The highest BCUT2D eigenvalue weighted by Crippen LogP contribution is 2.28. The fraction of sp³-hybridized carbons (Fsp3) is 0.250. The number of hydrogen-bond acceptors (Lipinski definition) is 5. The van der Waals surface area contributed by atoms with Crippen molar-refractivity contribution < 1.29 is 23.9 Å². The number of carbonyl (C=O) groups excluding carboxylic acids is 3. The molecule has 2 aromatic carbocycles. The molecule has 0 saturated heterocycles. The highest BCUT2D eigenvalue weighted by molar-refractivity contribution is 6.22. The molecule has 26 heavy (non-hydrogen) atoms. The molecule has 0 N–H and O–H groups in total. The van der Waals surface area contributed by atoms with Crippen molar-refractivity contribution in [3.05, 3.63) is 59.2 Å². The van der Waals surface area contributed by atoms with E-state index in [0.29, 0.717) is 17.9 Å². The molecular formula is C20H19NO5. The molecule has 2 amide bonds. The maximum absolute atomic E-state index is 12.5. The summed E-state index contributed by atoms with van der Waals surface area (Å²) >= 11 is 0. The lowest BCUT2D eigenvalue weighted by Crippen LogP contribution is -2.30. The van der Waals surface area contributed by atoms with E-state index in [9.17, 15) is 14.4 Å². The molecule has 2 aromatic rings. The number of unbranched alkanes of at least 4 members (excludes halogenated alkanes) is 1. The highest BCUT2D eigenvalue weighted by atomic mass is 16.6. The first-order chi connectivity index (χ1) is 12.6. The lowest BCUT2D eigenvalue weighted by molar-refractivity contribution is 0.0651. The van der Waals surface area contributed by atoms with Gasteiger partial charge >= 0.3 is 5.97 Å². The summed E-state index contributed by atoms with van der Waals surface area (Å²) in [6.07, 6.45) is 1.62. The number of carbonyl (C=O) groups is 3. The third-order valence-corrected chi connectivity index (χ3v) is 4.21. The highest BCUT2D eigenvalue weighted by Gasteiger charge is 2.35. The lowest BCUT2D eigenvalue weighted by Gasteiger charge is -2.12. The maximum Gasteiger partial charge on any atom is 0.343 e. The van der Waals surface area contributed by atoms with Gasteiger partial charge in [0.25, 0.3) is 11.8 Å². The van der Waals surface area contributed by atoms with Crippen molar-refractivity contribution in [1.82, 2.24) is 4.90 Å². The number of para-hydroxylation sites is 2. The van der Waals surface area contributed by atoms with Crippen molar-refractivity contribution in [1.29, 1.82) is 0 Å². The van der Waals surface area contributed by atoms with Crippen molar-refractivity contribution >= 4 is 17.8 Å². The fourth-order valence-electron chi connectivity index (χ4n) is 2.80. The fourth-order valence-corrected chi connectivity index (χ4v) is 2.80. The SMILES string of the molecule is CCCCN1C(=O)c2ccc(C(=O)Oc3ccccc3OC)cc2C1=O. The first-order valence-corrected chi connectivity index (χ1v) is 8.42. The summed E-state index contributed by atoms with van der Waals surface area (Å²) in [6.45, 7) is 2.37. The Kier molecular flexibility index (Phi) is 5.02. The Morgan fingerprint density at radius 3 is 2.38 bits per heavy atom. The Bertz CT molecular complexity index is 874. The van der Waals surface area contributed by atoms with Crippen LogP contribution < -0.4 is 9.47 Å². The quantitative estimate of drug-likeness (QED) is 0.453. The molecule has 6 nitrogen and oxygen atoms in total. The van der Waals surface area contributed by atoms with E-state index < -0.39 is 5.97 Å². The van der Waals surface area contributed by atoms with Crippen LogP contribution >= 0.6 is 0 Å². The predicted octanol–water partition coefficient (Wildman–Crippen LogP) is 3.31. The molecule has 3 rings (SSSR count). The molecular weight excluding hydrogens is 334 g/mol. The second-order valence-corrected chi connectivity index (χ2v) is 5.92. The lowest BCUT2D eigenvalue weighted by atomic mass is 10.1. The molecule has 0 aliphatic carbocycles. The van der Waals surface area contributed by atoms with E-state index >= 15 is 0 Å². The Labute approximate surface area is 151 Å². The van der Waals surface area contributed by atoms with Crippen LogP contribution in [0.2, 0.25) is 0 Å². The average Bonchev–Trinajstić information content (AvgIpc) is 2.90. The van der Waals surface area contributed by atoms with E-state index in [1.54, 1.807) is 24.3 Å². The van der Waals surface area contributed by atoms with E-state index in [0.717, 1.165) is 12.8 Å². The topological polar surface area (TPSA) is 72.9 Å². The van der Waals surface area contributed by atoms with E-state index in [4.69, 9.17) is 9.47 Å². The molecule has 0 atom stereocenters. The summed E-state index contributed by atoms with van der Waals surface area (Å²) < 4.78 is 10.5. The Morgan fingerprint density at radius 2 is 1.69 bits per heavy atom. The van der Waals surface area contributed by atoms with Crippen molar-refractivity contribution in [2.75, 3.05) is 13.7 Å². The van der Waals surface area contributed by atoms with Crippen LogP contribution in [0.4, 0.5) is 0 Å². The number of fused-ring (bicyclic) bond motifs is 1. The molecule has 0 bridgehead atoms. The first kappa shape index (κ1) is 17.7. The molecule has 134 valence electrons. The maximum atomic E-state index is 12.5. The molecule has 0 aromatic heterocycles. The van der Waals surface area contributed by atoms with Crippen molar-refractivity contribution in [3.8, 4) is 11.5 Å². The summed E-state index contributed by atoms with van der Waals surface area (Å²) in [4.78, 5) is 38.5. The number of nitrogens with zero attached hydrogens (tertiary/aromatic N) is 1. The number of benzene rings is 2. The van der Waals surface area contributed by atoms with Gasteiger partial charge in [0, 0.05) is 6.54 Å². The molecule has 1 heterocycles. The number of amides is 2. The van der Waals surface area contributed by atoms with Gasteiger partial charge in [0.1, 0.15) is 0 Å². The average molecular weight is 353 g/mol. The molecule has 0 radical (unpaired) electrons. The van der Waals surface area contributed by atoms with Crippen LogP contribution in [-0.4, -0.2) is 36.3 Å². The molecule has 0 saturated carbocycles. The third-order valence-electron chi connectivity index (χ3n) is 4.21. The Hall–Kier alpha value is -3.15. The molecule has 1 aliphatic heterocycles. The number of methoxy groups -OCH3 is 1. The number of imide groups is 1. The van der Waals surface area contributed by atoms with Gasteiger partial charge < -0.3 is 9.47 Å². The number of rotatable bonds is 6. The number of esters is 1. The largest absolute Gasteiger partial charge is 0.493 e. The minimum Gasteiger partial charge on any atom is -0.493 e. The second kappa shape index (κ2) is 7.39. The summed E-state index contributed by atoms with van der Waals surface area (Å²) in [5.74, 6) is -0.593. The van der Waals surface area contributed by atoms with Crippen molar-refractivity contribution in [3.63, 3.8) is 0 Å². The van der Waals surface area contributed by atoms with Crippen LogP contribution in [0.1, 0.15) is 50.8 Å². The van der Waals surface area contributed by atoms with Crippen molar-refractivity contribution in [2.45, 2.75) is 19.8 Å². The second-order valence-electron chi connectivity index (χ2n) is 5.92. The van der Waals surface area contributed by atoms with E-state index in [1.807, 2.05) is 6.92 Å². The molecule has 6 heteroatoms. The summed E-state index contributed by atoms with van der Waals surface area (Å²) in [6, 6.07) is 11.2. The summed E-state index contributed by atoms with van der Waals surface area (Å²) in [5.41, 5.74) is 0.758. The van der Waals surface area contributed by atoms with Gasteiger partial charge in [-0.25, -0.2) is 4.79 Å². The Morgan fingerprint density at radius 1 is 1.00 bits per heavy atom. The van der Waals surface area contributed by atoms with Gasteiger partial charge in [0.2, 0.25) is 0 Å². The van der Waals surface area contributed by atoms with Gasteiger partial charge in [-0.15, -0.1) is 0 Å². The normalized spacial score (nSPS) is 12.9. The minimum absolute atomic E-state index is 0.202. The standard InChI is InChI=1S/C20H19NO5/c1-3-4-11-21-18(22)14-10-9-13(12-15(14)19(21)23)20(24)26-17-8-6-5-7-16(17)25-2/h5-10,12H,3-4,11H2,1-2H3. The molecule has 1 aliphatic rings. The monoisotopic (exact) mass is 353 g/mol. The zero-order valence-electron chi connectivity index (χ0n) is 14.7. The zero-order chi connectivity index (χ0) is 18.7. The van der Waals surface area contributed by atoms with Crippen LogP contribution in [0, 0.1) is 0 Å². The summed E-state index contributed by atoms with van der Waals surface area (Å²) in [5, 5.41) is 0. The molecule has 0 unspecified atom stereocenters. The van der Waals surface area contributed by atoms with Crippen LogP contribution in [0.25, 0.3) is 0 Å². The van der Waals surface area contributed by atoms with Crippen LogP contribution in [0.15, 0.2) is 42.5 Å². The number of hydrogen-bond donors (Lipinski definition) is 0. The predicted molar refractivity (Wildman–Crippen MR) is 94.7 cm³/mol. The van der Waals surface area contributed by atoms with Gasteiger partial charge in [-0.2, -0.15) is 0 Å². The van der Waals surface area contributed by atoms with Crippen LogP contribution in [0.5, 0.6) is 11.5 Å². The van der Waals surface area contributed by atoms with E-state index in [-0.39, 0.29) is 28.7 Å². The van der Waals surface area contributed by atoms with Gasteiger partial charge in [0.15, 0.2) is 11.5 Å².